The molecular formula is C20H16FIN4O. The van der Waals surface area contributed by atoms with Gasteiger partial charge in [-0.25, -0.2) is 9.37 Å². The van der Waals surface area contributed by atoms with Gasteiger partial charge >= 0.3 is 0 Å². The maximum absolute atomic E-state index is 14.1. The number of aromatic nitrogens is 2. The van der Waals surface area contributed by atoms with Crippen LogP contribution in [-0.4, -0.2) is 27.7 Å². The summed E-state index contributed by atoms with van der Waals surface area (Å²) in [5.41, 5.74) is 4.11. The van der Waals surface area contributed by atoms with Crippen LogP contribution < -0.4 is 5.32 Å². The number of nitrogens with one attached hydrogen (secondary N) is 1. The number of hydrogen-bond acceptors (Lipinski definition) is 3. The number of aliphatic imine (C=N–C) groups is 1. The molecule has 136 valence electrons. The van der Waals surface area contributed by atoms with Gasteiger partial charge in [0.05, 0.1) is 23.6 Å². The van der Waals surface area contributed by atoms with E-state index in [2.05, 4.69) is 32.9 Å². The number of rotatable bonds is 3. The average Bonchev–Trinajstić information content (AvgIpc) is 3.01. The lowest BCUT2D eigenvalue weighted by molar-refractivity contribution is 0.0950. The first kappa shape index (κ1) is 17.8. The second kappa shape index (κ2) is 7.22. The molecule has 1 aliphatic heterocycles. The first-order valence-electron chi connectivity index (χ1n) is 8.54. The van der Waals surface area contributed by atoms with E-state index in [1.165, 1.54) is 12.1 Å². The van der Waals surface area contributed by atoms with Crippen molar-refractivity contribution >= 4 is 34.2 Å². The number of fused-ring (bicyclic) bond motifs is 3. The Kier molecular flexibility index (Phi) is 4.77. The summed E-state index contributed by atoms with van der Waals surface area (Å²) in [5, 5.41) is 2.78. The van der Waals surface area contributed by atoms with E-state index in [1.807, 2.05) is 35.8 Å². The number of imidazole rings is 1. The lowest BCUT2D eigenvalue weighted by Gasteiger charge is -2.13. The Bertz CT molecular complexity index is 1070. The lowest BCUT2D eigenvalue weighted by atomic mass is 10.0. The van der Waals surface area contributed by atoms with E-state index in [4.69, 9.17) is 4.99 Å². The predicted octanol–water partition coefficient (Wildman–Crippen LogP) is 3.72. The molecule has 0 atom stereocenters. The monoisotopic (exact) mass is 474 g/mol. The molecule has 1 N–H and O–H groups in total. The summed E-state index contributed by atoms with van der Waals surface area (Å²) in [6.07, 6.45) is 1.60. The molecule has 4 rings (SSSR count). The fourth-order valence-corrected chi connectivity index (χ4v) is 3.84. The third kappa shape index (κ3) is 3.16. The number of nitrogens with zero attached hydrogens (tertiary/aromatic N) is 3. The van der Waals surface area contributed by atoms with E-state index in [-0.39, 0.29) is 18.3 Å². The van der Waals surface area contributed by atoms with Crippen LogP contribution in [0.25, 0.3) is 5.69 Å². The molecule has 7 heteroatoms. The number of amides is 1. The van der Waals surface area contributed by atoms with Gasteiger partial charge in [0, 0.05) is 21.2 Å². The Morgan fingerprint density at radius 1 is 1.26 bits per heavy atom. The molecule has 1 amide bonds. The summed E-state index contributed by atoms with van der Waals surface area (Å²) in [6.45, 7) is 2.66. The minimum atomic E-state index is -0.333. The van der Waals surface area contributed by atoms with Gasteiger partial charge in [-0.15, -0.1) is 0 Å². The summed E-state index contributed by atoms with van der Waals surface area (Å²) in [7, 11) is 0. The number of halogens is 2. The molecule has 1 aliphatic rings. The highest BCUT2D eigenvalue weighted by Gasteiger charge is 2.25. The zero-order chi connectivity index (χ0) is 19.0. The van der Waals surface area contributed by atoms with Crippen molar-refractivity contribution < 1.29 is 9.18 Å². The normalized spacial score (nSPS) is 12.6. The minimum Gasteiger partial charge on any atom is -0.351 e. The summed E-state index contributed by atoms with van der Waals surface area (Å²) < 4.78 is 16.9. The molecule has 0 saturated heterocycles. The van der Waals surface area contributed by atoms with Gasteiger partial charge < -0.3 is 5.32 Å². The minimum absolute atomic E-state index is 0.233. The van der Waals surface area contributed by atoms with Crippen molar-refractivity contribution in [2.45, 2.75) is 13.5 Å². The summed E-state index contributed by atoms with van der Waals surface area (Å²) in [6, 6.07) is 12.4. The lowest BCUT2D eigenvalue weighted by Crippen LogP contribution is -2.24. The van der Waals surface area contributed by atoms with Crippen molar-refractivity contribution in [3.8, 4) is 5.69 Å². The smallest absolute Gasteiger partial charge is 0.271 e. The maximum Gasteiger partial charge on any atom is 0.271 e. The summed E-state index contributed by atoms with van der Waals surface area (Å²) in [4.78, 5) is 21.4. The van der Waals surface area contributed by atoms with Crippen LogP contribution in [0.3, 0.4) is 0 Å². The number of carbonyl (C=O) groups is 1. The highest BCUT2D eigenvalue weighted by Crippen LogP contribution is 2.28. The van der Waals surface area contributed by atoms with Gasteiger partial charge in [-0.1, -0.05) is 18.2 Å². The van der Waals surface area contributed by atoms with Crippen molar-refractivity contribution in [2.75, 3.05) is 6.54 Å². The first-order valence-corrected chi connectivity index (χ1v) is 9.62. The third-order valence-electron chi connectivity index (χ3n) is 4.41. The molecule has 0 aliphatic carbocycles. The zero-order valence-electron chi connectivity index (χ0n) is 14.5. The predicted molar refractivity (Wildman–Crippen MR) is 110 cm³/mol. The van der Waals surface area contributed by atoms with Gasteiger partial charge in [0.15, 0.2) is 5.69 Å². The molecule has 0 spiro atoms. The van der Waals surface area contributed by atoms with Gasteiger partial charge in [-0.05, 0) is 53.8 Å². The van der Waals surface area contributed by atoms with Gasteiger partial charge in [-0.2, -0.15) is 0 Å². The van der Waals surface area contributed by atoms with Crippen molar-refractivity contribution in [1.82, 2.24) is 14.9 Å². The molecular weight excluding hydrogens is 458 g/mol. The van der Waals surface area contributed by atoms with E-state index in [0.717, 1.165) is 14.8 Å². The van der Waals surface area contributed by atoms with Crippen LogP contribution in [0.1, 0.15) is 34.2 Å². The van der Waals surface area contributed by atoms with Crippen molar-refractivity contribution in [2.24, 2.45) is 4.99 Å². The number of carbonyl (C=O) groups excluding carboxylic acids is 1. The molecule has 2 heterocycles. The quantitative estimate of drug-likeness (QED) is 0.589. The second-order valence-electron chi connectivity index (χ2n) is 6.08. The van der Waals surface area contributed by atoms with Gasteiger partial charge in [0.1, 0.15) is 12.1 Å². The van der Waals surface area contributed by atoms with Crippen LogP contribution in [0.15, 0.2) is 53.8 Å². The average molecular weight is 474 g/mol. The third-order valence-corrected chi connectivity index (χ3v) is 5.35. The number of hydrogen-bond donors (Lipinski definition) is 1. The Labute approximate surface area is 169 Å². The van der Waals surface area contributed by atoms with Crippen LogP contribution >= 0.6 is 22.6 Å². The summed E-state index contributed by atoms with van der Waals surface area (Å²) >= 11 is 2.25. The molecule has 0 radical (unpaired) electrons. The fourth-order valence-electron chi connectivity index (χ4n) is 3.20. The van der Waals surface area contributed by atoms with Crippen molar-refractivity contribution in [1.29, 1.82) is 0 Å². The highest BCUT2D eigenvalue weighted by atomic mass is 127. The van der Waals surface area contributed by atoms with Crippen LogP contribution in [0.2, 0.25) is 0 Å². The standard InChI is InChI=1S/C20H16FIN4O/c1-2-23-20(27)19-17-10-24-18(13-5-3-4-6-15(13)22)14-9-12(21)7-8-16(14)26(17)11-25-19/h3-9,11H,2,10H2,1H3,(H,23,27). The van der Waals surface area contributed by atoms with Gasteiger partial charge in [0.25, 0.3) is 5.91 Å². The van der Waals surface area contributed by atoms with Crippen molar-refractivity contribution in [3.63, 3.8) is 0 Å². The molecule has 0 unspecified atom stereocenters. The van der Waals surface area contributed by atoms with Crippen molar-refractivity contribution in [3.05, 3.63) is 80.7 Å². The van der Waals surface area contributed by atoms with Gasteiger partial charge in [0.2, 0.25) is 0 Å². The molecule has 0 bridgehead atoms. The molecule has 0 saturated carbocycles. The second-order valence-corrected chi connectivity index (χ2v) is 7.24. The Balaban J connectivity index is 1.94. The van der Waals surface area contributed by atoms with E-state index in [0.29, 0.717) is 29.2 Å². The van der Waals surface area contributed by atoms with E-state index < -0.39 is 0 Å². The first-order chi connectivity index (χ1) is 13.1. The molecule has 1 aromatic heterocycles. The van der Waals surface area contributed by atoms with Crippen LogP contribution in [0.4, 0.5) is 4.39 Å². The number of benzene rings is 2. The van der Waals surface area contributed by atoms with Crippen LogP contribution in [0, 0.1) is 9.39 Å². The van der Waals surface area contributed by atoms with E-state index in [9.17, 15) is 9.18 Å². The molecule has 3 aromatic rings. The van der Waals surface area contributed by atoms with Gasteiger partial charge in [-0.3, -0.25) is 14.4 Å². The Morgan fingerprint density at radius 3 is 2.85 bits per heavy atom. The van der Waals surface area contributed by atoms with Crippen LogP contribution in [-0.2, 0) is 6.54 Å². The SMILES string of the molecule is CCNC(=O)c1ncn2c1CN=C(c1ccccc1I)c1cc(F)ccc1-2. The van der Waals surface area contributed by atoms with E-state index in [1.54, 1.807) is 12.4 Å². The highest BCUT2D eigenvalue weighted by molar-refractivity contribution is 14.1. The molecule has 5 nitrogen and oxygen atoms in total. The molecule has 2 aromatic carbocycles. The van der Waals surface area contributed by atoms with E-state index >= 15 is 0 Å². The van der Waals surface area contributed by atoms with Crippen LogP contribution in [0.5, 0.6) is 0 Å². The maximum atomic E-state index is 14.1. The molecule has 0 fully saturated rings. The largest absolute Gasteiger partial charge is 0.351 e. The Morgan fingerprint density at radius 2 is 2.07 bits per heavy atom. The molecule has 27 heavy (non-hydrogen) atoms. The zero-order valence-corrected chi connectivity index (χ0v) is 16.7. The fraction of sp³-hybridized carbons (Fsp3) is 0.150. The Hall–Kier alpha value is -2.55. The topological polar surface area (TPSA) is 59.3 Å². The summed E-state index contributed by atoms with van der Waals surface area (Å²) in [5.74, 6) is -0.567.